The Balaban J connectivity index is 1.63. The van der Waals surface area contributed by atoms with Crippen LogP contribution < -0.4 is 5.32 Å². The van der Waals surface area contributed by atoms with Gasteiger partial charge < -0.3 is 10.4 Å². The van der Waals surface area contributed by atoms with Gasteiger partial charge in [-0.25, -0.2) is 4.98 Å². The second-order valence-corrected chi connectivity index (χ2v) is 6.11. The van der Waals surface area contributed by atoms with Gasteiger partial charge in [0.05, 0.1) is 18.2 Å². The molecule has 0 unspecified atom stereocenters. The number of aliphatic hydroxyl groups excluding tert-OH is 1. The topological polar surface area (TPSA) is 45.1 Å². The van der Waals surface area contributed by atoms with E-state index in [1.54, 1.807) is 0 Å². The van der Waals surface area contributed by atoms with Crippen LogP contribution in [0.2, 0.25) is 0 Å². The van der Waals surface area contributed by atoms with Gasteiger partial charge in [0.25, 0.3) is 0 Å². The predicted octanol–water partition coefficient (Wildman–Crippen LogP) is 3.52. The number of rotatable bonds is 5. The first-order valence-corrected chi connectivity index (χ1v) is 7.55. The van der Waals surface area contributed by atoms with Crippen LogP contribution in [0.4, 0.5) is 5.69 Å². The Bertz CT molecular complexity index is 549. The quantitative estimate of drug-likeness (QED) is 0.877. The largest absolute Gasteiger partial charge is 0.392 e. The lowest BCUT2D eigenvalue weighted by atomic mass is 9.86. The van der Waals surface area contributed by atoms with Crippen molar-refractivity contribution in [1.82, 2.24) is 4.98 Å². The molecule has 3 nitrogen and oxygen atoms in total. The molecule has 0 spiro atoms. The molecule has 1 fully saturated rings. The molecule has 1 aromatic heterocycles. The Morgan fingerprint density at radius 3 is 2.89 bits per heavy atom. The number of hydrogen-bond donors (Lipinski definition) is 2. The molecule has 1 aliphatic carbocycles. The molecule has 0 aliphatic heterocycles. The fourth-order valence-corrected chi connectivity index (χ4v) is 3.29. The van der Waals surface area contributed by atoms with Crippen LogP contribution >= 0.6 is 11.3 Å². The molecule has 2 aromatic rings. The van der Waals surface area contributed by atoms with Gasteiger partial charge in [-0.1, -0.05) is 24.6 Å². The van der Waals surface area contributed by atoms with Gasteiger partial charge in [0.2, 0.25) is 0 Å². The molecule has 100 valence electrons. The van der Waals surface area contributed by atoms with E-state index < -0.39 is 0 Å². The number of anilines is 1. The highest BCUT2D eigenvalue weighted by molar-refractivity contribution is 7.11. The van der Waals surface area contributed by atoms with Crippen molar-refractivity contribution in [3.8, 4) is 0 Å². The van der Waals surface area contributed by atoms with Gasteiger partial charge in [-0.2, -0.15) is 0 Å². The molecule has 0 amide bonds. The van der Waals surface area contributed by atoms with Crippen molar-refractivity contribution in [3.63, 3.8) is 0 Å². The molecule has 1 saturated carbocycles. The lowest BCUT2D eigenvalue weighted by Crippen LogP contribution is -2.07. The van der Waals surface area contributed by atoms with E-state index in [1.807, 2.05) is 41.8 Å². The Labute approximate surface area is 117 Å². The summed E-state index contributed by atoms with van der Waals surface area (Å²) in [5.41, 5.74) is 1.94. The summed E-state index contributed by atoms with van der Waals surface area (Å²) in [5.74, 6) is 0.712. The third-order valence-electron chi connectivity index (χ3n) is 3.67. The molecule has 3 rings (SSSR count). The summed E-state index contributed by atoms with van der Waals surface area (Å²) < 4.78 is 0. The van der Waals surface area contributed by atoms with E-state index in [-0.39, 0.29) is 6.61 Å². The Hall–Kier alpha value is -1.39. The second kappa shape index (κ2) is 5.72. The number of nitrogens with one attached hydrogen (secondary N) is 1. The number of aromatic nitrogens is 1. The zero-order chi connectivity index (χ0) is 13.1. The molecule has 1 aliphatic rings. The van der Waals surface area contributed by atoms with Crippen molar-refractivity contribution in [2.24, 2.45) is 0 Å². The molecule has 0 saturated heterocycles. The van der Waals surface area contributed by atoms with Gasteiger partial charge in [0.1, 0.15) is 0 Å². The van der Waals surface area contributed by atoms with E-state index in [0.717, 1.165) is 17.8 Å². The van der Waals surface area contributed by atoms with Gasteiger partial charge in [-0.3, -0.25) is 0 Å². The molecule has 19 heavy (non-hydrogen) atoms. The van der Waals surface area contributed by atoms with Gasteiger partial charge in [-0.15, -0.1) is 11.3 Å². The fraction of sp³-hybridized carbons (Fsp3) is 0.400. The molecular formula is C15H18N2OS. The molecule has 1 heterocycles. The van der Waals surface area contributed by atoms with Gasteiger partial charge in [0, 0.05) is 28.2 Å². The van der Waals surface area contributed by atoms with E-state index in [1.165, 1.54) is 29.1 Å². The zero-order valence-corrected chi connectivity index (χ0v) is 11.6. The lowest BCUT2D eigenvalue weighted by Gasteiger charge is -2.22. The van der Waals surface area contributed by atoms with Gasteiger partial charge >= 0.3 is 0 Å². The number of para-hydroxylation sites is 1. The van der Waals surface area contributed by atoms with Crippen LogP contribution in [0.15, 0.2) is 30.5 Å². The van der Waals surface area contributed by atoms with E-state index >= 15 is 0 Å². The standard InChI is InChI=1S/C15H18N2OS/c18-10-12-4-1-2-7-14(12)16-8-13-9-17-15(19-13)11-5-3-6-11/h1-2,4,7,9,11,16,18H,3,5-6,8,10H2. The van der Waals surface area contributed by atoms with E-state index in [4.69, 9.17) is 0 Å². The van der Waals surface area contributed by atoms with Crippen molar-refractivity contribution >= 4 is 17.0 Å². The van der Waals surface area contributed by atoms with Crippen molar-refractivity contribution in [2.75, 3.05) is 5.32 Å². The number of thiazole rings is 1. The summed E-state index contributed by atoms with van der Waals surface area (Å²) in [6.45, 7) is 0.848. The van der Waals surface area contributed by atoms with Crippen LogP contribution in [0.1, 0.15) is 40.6 Å². The highest BCUT2D eigenvalue weighted by atomic mass is 32.1. The second-order valence-electron chi connectivity index (χ2n) is 4.96. The van der Waals surface area contributed by atoms with Gasteiger partial charge in [0.15, 0.2) is 0 Å². The molecule has 4 heteroatoms. The molecular weight excluding hydrogens is 256 g/mol. The number of nitrogens with zero attached hydrogens (tertiary/aromatic N) is 1. The predicted molar refractivity (Wildman–Crippen MR) is 78.4 cm³/mol. The molecule has 0 atom stereocenters. The highest BCUT2D eigenvalue weighted by Gasteiger charge is 2.22. The average Bonchev–Trinajstić information content (AvgIpc) is 2.83. The maximum absolute atomic E-state index is 9.28. The Morgan fingerprint density at radius 2 is 2.16 bits per heavy atom. The molecule has 0 radical (unpaired) electrons. The van der Waals surface area contributed by atoms with Crippen molar-refractivity contribution in [1.29, 1.82) is 0 Å². The summed E-state index contributed by atoms with van der Waals surface area (Å²) in [5, 5.41) is 14.0. The first kappa shape index (κ1) is 12.6. The Morgan fingerprint density at radius 1 is 1.32 bits per heavy atom. The summed E-state index contributed by atoms with van der Waals surface area (Å²) in [4.78, 5) is 5.78. The van der Waals surface area contributed by atoms with Crippen LogP contribution in [-0.4, -0.2) is 10.1 Å². The highest BCUT2D eigenvalue weighted by Crippen LogP contribution is 2.38. The zero-order valence-electron chi connectivity index (χ0n) is 10.8. The number of benzene rings is 1. The molecule has 1 aromatic carbocycles. The first-order valence-electron chi connectivity index (χ1n) is 6.74. The number of aliphatic hydroxyl groups is 1. The summed E-state index contributed by atoms with van der Waals surface area (Å²) >= 11 is 1.81. The van der Waals surface area contributed by atoms with E-state index in [9.17, 15) is 5.11 Å². The fourth-order valence-electron chi connectivity index (χ4n) is 2.26. The van der Waals surface area contributed by atoms with Crippen molar-refractivity contribution < 1.29 is 5.11 Å². The van der Waals surface area contributed by atoms with Crippen LogP contribution in [0.5, 0.6) is 0 Å². The van der Waals surface area contributed by atoms with Crippen LogP contribution in [-0.2, 0) is 13.2 Å². The minimum atomic E-state index is 0.0686. The minimum Gasteiger partial charge on any atom is -0.392 e. The maximum Gasteiger partial charge on any atom is 0.0959 e. The maximum atomic E-state index is 9.28. The summed E-state index contributed by atoms with van der Waals surface area (Å²) in [7, 11) is 0. The smallest absolute Gasteiger partial charge is 0.0959 e. The van der Waals surface area contributed by atoms with Crippen LogP contribution in [0, 0.1) is 0 Å². The minimum absolute atomic E-state index is 0.0686. The first-order chi connectivity index (χ1) is 9.36. The van der Waals surface area contributed by atoms with E-state index in [2.05, 4.69) is 10.3 Å². The van der Waals surface area contributed by atoms with Gasteiger partial charge in [-0.05, 0) is 18.9 Å². The normalized spacial score (nSPS) is 15.2. The van der Waals surface area contributed by atoms with Crippen LogP contribution in [0.25, 0.3) is 0 Å². The SMILES string of the molecule is OCc1ccccc1NCc1cnc(C2CCC2)s1. The number of hydrogen-bond acceptors (Lipinski definition) is 4. The lowest BCUT2D eigenvalue weighted by molar-refractivity contribution is 0.282. The van der Waals surface area contributed by atoms with Crippen molar-refractivity contribution in [2.45, 2.75) is 38.3 Å². The summed E-state index contributed by atoms with van der Waals surface area (Å²) in [6.07, 6.45) is 5.93. The Kier molecular flexibility index (Phi) is 3.80. The van der Waals surface area contributed by atoms with Crippen LogP contribution in [0.3, 0.4) is 0 Å². The van der Waals surface area contributed by atoms with E-state index in [0.29, 0.717) is 5.92 Å². The third kappa shape index (κ3) is 2.80. The van der Waals surface area contributed by atoms with Crippen molar-refractivity contribution in [3.05, 3.63) is 45.9 Å². The average molecular weight is 274 g/mol. The monoisotopic (exact) mass is 274 g/mol. The summed E-state index contributed by atoms with van der Waals surface area (Å²) in [6, 6.07) is 7.86. The molecule has 0 bridgehead atoms. The molecule has 2 N–H and O–H groups in total. The third-order valence-corrected chi connectivity index (χ3v) is 4.83.